The van der Waals surface area contributed by atoms with Crippen LogP contribution in [0.5, 0.6) is 0 Å². The van der Waals surface area contributed by atoms with Crippen molar-refractivity contribution in [3.8, 4) is 0 Å². The number of nitrogens with zero attached hydrogens (tertiary/aromatic N) is 2. The first-order valence-electron chi connectivity index (χ1n) is 5.32. The molecule has 1 fully saturated rings. The van der Waals surface area contributed by atoms with Crippen molar-refractivity contribution >= 4 is 29.1 Å². The summed E-state index contributed by atoms with van der Waals surface area (Å²) in [5.41, 5.74) is 0.293. The third-order valence-electron chi connectivity index (χ3n) is 2.90. The summed E-state index contributed by atoms with van der Waals surface area (Å²) in [6.45, 7) is 1.27. The highest BCUT2D eigenvalue weighted by Crippen LogP contribution is 2.26. The Morgan fingerprint density at radius 1 is 1.47 bits per heavy atom. The van der Waals surface area contributed by atoms with E-state index in [2.05, 4.69) is 4.98 Å². The number of aliphatic hydroxyl groups is 1. The molecule has 0 aliphatic carbocycles. The van der Waals surface area contributed by atoms with Crippen molar-refractivity contribution in [1.29, 1.82) is 0 Å². The standard InChI is InChI=1S/C11H12Cl2N2O2/c12-8-3-14-4-9(13)10(8)11(17)15-2-1-7(5-15)6-16/h3-4,7,16H,1-2,5-6H2. The van der Waals surface area contributed by atoms with Gasteiger partial charge in [-0.1, -0.05) is 23.2 Å². The lowest BCUT2D eigenvalue weighted by atomic mass is 10.1. The number of hydrogen-bond donors (Lipinski definition) is 1. The summed E-state index contributed by atoms with van der Waals surface area (Å²) >= 11 is 11.9. The fraction of sp³-hybridized carbons (Fsp3) is 0.455. The molecule has 1 amide bonds. The van der Waals surface area contributed by atoms with Crippen LogP contribution in [0.1, 0.15) is 16.8 Å². The molecule has 17 heavy (non-hydrogen) atoms. The molecule has 1 aromatic rings. The average molecular weight is 275 g/mol. The first kappa shape index (κ1) is 12.6. The molecule has 0 radical (unpaired) electrons. The Balaban J connectivity index is 2.21. The van der Waals surface area contributed by atoms with E-state index in [1.807, 2.05) is 0 Å². The van der Waals surface area contributed by atoms with Crippen LogP contribution >= 0.6 is 23.2 Å². The lowest BCUT2D eigenvalue weighted by Gasteiger charge is -2.17. The summed E-state index contributed by atoms with van der Waals surface area (Å²) in [5, 5.41) is 9.56. The molecule has 0 bridgehead atoms. The van der Waals surface area contributed by atoms with Gasteiger partial charge in [0.15, 0.2) is 0 Å². The third-order valence-corrected chi connectivity index (χ3v) is 3.47. The van der Waals surface area contributed by atoms with E-state index in [-0.39, 0.29) is 28.5 Å². The van der Waals surface area contributed by atoms with Gasteiger partial charge < -0.3 is 10.0 Å². The lowest BCUT2D eigenvalue weighted by molar-refractivity contribution is 0.0782. The number of carbonyl (C=O) groups is 1. The molecule has 0 aromatic carbocycles. The number of halogens is 2. The topological polar surface area (TPSA) is 53.4 Å². The molecular formula is C11H12Cl2N2O2. The summed E-state index contributed by atoms with van der Waals surface area (Å²) in [6.07, 6.45) is 3.61. The minimum Gasteiger partial charge on any atom is -0.396 e. The number of amides is 1. The number of carbonyl (C=O) groups excluding carboxylic acids is 1. The fourth-order valence-electron chi connectivity index (χ4n) is 1.94. The van der Waals surface area contributed by atoms with E-state index in [9.17, 15) is 4.79 Å². The Hall–Kier alpha value is -0.840. The predicted molar refractivity (Wildman–Crippen MR) is 65.4 cm³/mol. The fourth-order valence-corrected chi connectivity index (χ4v) is 2.47. The quantitative estimate of drug-likeness (QED) is 0.896. The van der Waals surface area contributed by atoms with Gasteiger partial charge in [0.1, 0.15) is 0 Å². The normalized spacial score (nSPS) is 19.7. The third kappa shape index (κ3) is 2.54. The van der Waals surface area contributed by atoms with Crippen molar-refractivity contribution in [2.24, 2.45) is 5.92 Å². The number of aliphatic hydroxyl groups excluding tert-OH is 1. The molecule has 6 heteroatoms. The smallest absolute Gasteiger partial charge is 0.257 e. The highest BCUT2D eigenvalue weighted by atomic mass is 35.5. The second-order valence-electron chi connectivity index (χ2n) is 4.07. The first-order chi connectivity index (χ1) is 8.13. The second kappa shape index (κ2) is 5.21. The van der Waals surface area contributed by atoms with E-state index in [1.165, 1.54) is 12.4 Å². The highest BCUT2D eigenvalue weighted by Gasteiger charge is 2.28. The maximum Gasteiger partial charge on any atom is 0.257 e. The Morgan fingerprint density at radius 2 is 2.12 bits per heavy atom. The van der Waals surface area contributed by atoms with Gasteiger partial charge in [-0.15, -0.1) is 0 Å². The zero-order valence-electron chi connectivity index (χ0n) is 9.07. The molecule has 2 heterocycles. The van der Waals surface area contributed by atoms with E-state index >= 15 is 0 Å². The van der Waals surface area contributed by atoms with Crippen LogP contribution in [0.15, 0.2) is 12.4 Å². The summed E-state index contributed by atoms with van der Waals surface area (Å²) in [5.74, 6) is -0.0447. The Labute approximate surface area is 109 Å². The molecule has 1 aromatic heterocycles. The molecule has 1 unspecified atom stereocenters. The van der Waals surface area contributed by atoms with Crippen LogP contribution in [-0.2, 0) is 0 Å². The summed E-state index contributed by atoms with van der Waals surface area (Å²) in [7, 11) is 0. The molecular weight excluding hydrogens is 263 g/mol. The highest BCUT2D eigenvalue weighted by molar-refractivity contribution is 6.39. The number of rotatable bonds is 2. The van der Waals surface area contributed by atoms with Gasteiger partial charge in [-0.05, 0) is 6.42 Å². The van der Waals surface area contributed by atoms with E-state index in [4.69, 9.17) is 28.3 Å². The average Bonchev–Trinajstić information content (AvgIpc) is 2.77. The van der Waals surface area contributed by atoms with Gasteiger partial charge in [-0.25, -0.2) is 0 Å². The molecule has 92 valence electrons. The Kier molecular flexibility index (Phi) is 3.86. The van der Waals surface area contributed by atoms with Crippen LogP contribution in [-0.4, -0.2) is 40.6 Å². The maximum absolute atomic E-state index is 12.2. The van der Waals surface area contributed by atoms with E-state index in [1.54, 1.807) is 4.90 Å². The number of pyridine rings is 1. The molecule has 4 nitrogen and oxygen atoms in total. The Morgan fingerprint density at radius 3 is 2.65 bits per heavy atom. The van der Waals surface area contributed by atoms with Gasteiger partial charge >= 0.3 is 0 Å². The zero-order valence-corrected chi connectivity index (χ0v) is 10.6. The molecule has 0 spiro atoms. The Bertz CT molecular complexity index is 419. The molecule has 0 saturated carbocycles. The van der Waals surface area contributed by atoms with Gasteiger partial charge in [-0.3, -0.25) is 9.78 Å². The number of aromatic nitrogens is 1. The van der Waals surface area contributed by atoms with Crippen molar-refractivity contribution in [3.63, 3.8) is 0 Å². The summed E-state index contributed by atoms with van der Waals surface area (Å²) in [4.78, 5) is 17.7. The van der Waals surface area contributed by atoms with Crippen molar-refractivity contribution in [2.45, 2.75) is 6.42 Å². The van der Waals surface area contributed by atoms with Gasteiger partial charge in [0.2, 0.25) is 0 Å². The zero-order chi connectivity index (χ0) is 12.4. The predicted octanol–water partition coefficient (Wildman–Crippen LogP) is 1.84. The molecule has 1 N–H and O–H groups in total. The van der Waals surface area contributed by atoms with E-state index in [0.717, 1.165) is 6.42 Å². The molecule has 1 atom stereocenters. The van der Waals surface area contributed by atoms with Gasteiger partial charge in [0.05, 0.1) is 15.6 Å². The minimum atomic E-state index is -0.196. The van der Waals surface area contributed by atoms with Crippen LogP contribution < -0.4 is 0 Å². The van der Waals surface area contributed by atoms with Crippen LogP contribution in [0.4, 0.5) is 0 Å². The number of hydrogen-bond acceptors (Lipinski definition) is 3. The minimum absolute atomic E-state index is 0.0988. The lowest BCUT2D eigenvalue weighted by Crippen LogP contribution is -2.29. The SMILES string of the molecule is O=C(c1c(Cl)cncc1Cl)N1CCC(CO)C1. The van der Waals surface area contributed by atoms with Crippen molar-refractivity contribution in [3.05, 3.63) is 28.0 Å². The van der Waals surface area contributed by atoms with Crippen LogP contribution in [0.2, 0.25) is 10.0 Å². The largest absolute Gasteiger partial charge is 0.396 e. The molecule has 1 saturated heterocycles. The van der Waals surface area contributed by atoms with Crippen LogP contribution in [0, 0.1) is 5.92 Å². The van der Waals surface area contributed by atoms with E-state index < -0.39 is 0 Å². The van der Waals surface area contributed by atoms with Crippen LogP contribution in [0.25, 0.3) is 0 Å². The van der Waals surface area contributed by atoms with Crippen molar-refractivity contribution in [1.82, 2.24) is 9.88 Å². The number of likely N-dealkylation sites (tertiary alicyclic amines) is 1. The molecule has 1 aliphatic rings. The van der Waals surface area contributed by atoms with Gasteiger partial charge in [-0.2, -0.15) is 0 Å². The van der Waals surface area contributed by atoms with Crippen molar-refractivity contribution in [2.75, 3.05) is 19.7 Å². The van der Waals surface area contributed by atoms with Gasteiger partial charge in [0.25, 0.3) is 5.91 Å². The maximum atomic E-state index is 12.2. The van der Waals surface area contributed by atoms with Gasteiger partial charge in [0, 0.05) is 38.0 Å². The summed E-state index contributed by atoms with van der Waals surface area (Å²) in [6, 6.07) is 0. The second-order valence-corrected chi connectivity index (χ2v) is 4.88. The molecule has 2 rings (SSSR count). The van der Waals surface area contributed by atoms with Crippen LogP contribution in [0.3, 0.4) is 0 Å². The monoisotopic (exact) mass is 274 g/mol. The molecule has 1 aliphatic heterocycles. The van der Waals surface area contributed by atoms with E-state index in [0.29, 0.717) is 18.7 Å². The summed E-state index contributed by atoms with van der Waals surface area (Å²) < 4.78 is 0. The first-order valence-corrected chi connectivity index (χ1v) is 6.08. The van der Waals surface area contributed by atoms with Crippen molar-refractivity contribution < 1.29 is 9.90 Å².